The average Bonchev–Trinajstić information content (AvgIpc) is 2.51. The molecule has 22 heavy (non-hydrogen) atoms. The fraction of sp³-hybridized carbons (Fsp3) is 0.214. The van der Waals surface area contributed by atoms with Crippen molar-refractivity contribution in [2.24, 2.45) is 0 Å². The number of carbonyl (C=O) groups is 1. The fourth-order valence-electron chi connectivity index (χ4n) is 2.04. The minimum absolute atomic E-state index is 0.0847. The summed E-state index contributed by atoms with van der Waals surface area (Å²) in [6.07, 6.45) is 0. The van der Waals surface area contributed by atoms with Gasteiger partial charge in [0, 0.05) is 7.05 Å². The average molecular weight is 323 g/mol. The number of H-pyrrole nitrogens is 1. The zero-order chi connectivity index (χ0) is 16.3. The molecular weight excluding hydrogens is 308 g/mol. The van der Waals surface area contributed by atoms with Crippen molar-refractivity contribution in [2.45, 2.75) is 6.54 Å². The van der Waals surface area contributed by atoms with E-state index >= 15 is 0 Å². The number of rotatable bonds is 4. The Bertz CT molecular complexity index is 798. The minimum Gasteiger partial charge on any atom is -0.383 e. The molecular formula is C14H15ClN4O3. The largest absolute Gasteiger partial charge is 0.383 e. The van der Waals surface area contributed by atoms with Crippen LogP contribution in [0, 0.1) is 0 Å². The first-order valence-corrected chi connectivity index (χ1v) is 6.98. The lowest BCUT2D eigenvalue weighted by atomic mass is 10.2. The van der Waals surface area contributed by atoms with Crippen LogP contribution in [0.2, 0.25) is 0 Å². The van der Waals surface area contributed by atoms with Crippen LogP contribution >= 0.6 is 11.6 Å². The number of carbonyl (C=O) groups excluding carboxylic acids is 1. The predicted molar refractivity (Wildman–Crippen MR) is 85.4 cm³/mol. The van der Waals surface area contributed by atoms with E-state index in [9.17, 15) is 14.4 Å². The molecule has 0 radical (unpaired) electrons. The van der Waals surface area contributed by atoms with Gasteiger partial charge in [0.25, 0.3) is 5.56 Å². The highest BCUT2D eigenvalue weighted by Crippen LogP contribution is 2.16. The van der Waals surface area contributed by atoms with Gasteiger partial charge in [-0.1, -0.05) is 30.3 Å². The zero-order valence-corrected chi connectivity index (χ0v) is 12.6. The standard InChI is InChI=1S/C14H15ClN4O3/c1-18(10(20)7-15)11-12(16)19(14(22)17-13(11)21)8-9-5-3-2-4-6-9/h2-6H,7-8,16H2,1H3,(H,17,21,22). The topological polar surface area (TPSA) is 101 Å². The van der Waals surface area contributed by atoms with Gasteiger partial charge in [-0.3, -0.25) is 19.1 Å². The van der Waals surface area contributed by atoms with E-state index in [4.69, 9.17) is 17.3 Å². The Morgan fingerprint density at radius 3 is 2.55 bits per heavy atom. The normalized spacial score (nSPS) is 10.5. The van der Waals surface area contributed by atoms with E-state index in [2.05, 4.69) is 4.98 Å². The Labute approximate surface area is 130 Å². The number of halogens is 1. The van der Waals surface area contributed by atoms with Gasteiger partial charge in [-0.2, -0.15) is 0 Å². The van der Waals surface area contributed by atoms with Crippen molar-refractivity contribution in [3.63, 3.8) is 0 Å². The van der Waals surface area contributed by atoms with Gasteiger partial charge in [0.05, 0.1) is 6.54 Å². The fourth-order valence-corrected chi connectivity index (χ4v) is 2.22. The Morgan fingerprint density at radius 2 is 1.95 bits per heavy atom. The number of nitrogens with two attached hydrogens (primary N) is 1. The highest BCUT2D eigenvalue weighted by atomic mass is 35.5. The van der Waals surface area contributed by atoms with Crippen molar-refractivity contribution in [2.75, 3.05) is 23.6 Å². The highest BCUT2D eigenvalue weighted by Gasteiger charge is 2.20. The van der Waals surface area contributed by atoms with Crippen LogP contribution in [0.1, 0.15) is 5.56 Å². The second-order valence-electron chi connectivity index (χ2n) is 4.65. The third-order valence-electron chi connectivity index (χ3n) is 3.22. The van der Waals surface area contributed by atoms with Crippen LogP contribution in [0.3, 0.4) is 0 Å². The third-order valence-corrected chi connectivity index (χ3v) is 3.45. The lowest BCUT2D eigenvalue weighted by Crippen LogP contribution is -2.39. The van der Waals surface area contributed by atoms with E-state index in [0.29, 0.717) is 0 Å². The maximum absolute atomic E-state index is 12.0. The van der Waals surface area contributed by atoms with Crippen molar-refractivity contribution in [1.82, 2.24) is 9.55 Å². The molecule has 0 aliphatic carbocycles. The monoisotopic (exact) mass is 322 g/mol. The lowest BCUT2D eigenvalue weighted by Gasteiger charge is -2.19. The van der Waals surface area contributed by atoms with Crippen molar-refractivity contribution in [3.05, 3.63) is 56.7 Å². The van der Waals surface area contributed by atoms with Gasteiger partial charge >= 0.3 is 5.69 Å². The predicted octanol–water partition coefficient (Wildman–Crippen LogP) is 0.369. The molecule has 0 unspecified atom stereocenters. The maximum Gasteiger partial charge on any atom is 0.330 e. The van der Waals surface area contributed by atoms with Crippen LogP contribution in [-0.4, -0.2) is 28.4 Å². The summed E-state index contributed by atoms with van der Waals surface area (Å²) in [4.78, 5) is 38.8. The summed E-state index contributed by atoms with van der Waals surface area (Å²) in [5.41, 5.74) is 5.30. The third kappa shape index (κ3) is 3.04. The summed E-state index contributed by atoms with van der Waals surface area (Å²) in [7, 11) is 1.38. The minimum atomic E-state index is -0.729. The first-order chi connectivity index (χ1) is 10.5. The lowest BCUT2D eigenvalue weighted by molar-refractivity contribution is -0.116. The first-order valence-electron chi connectivity index (χ1n) is 6.44. The molecule has 2 aromatic rings. The molecule has 0 atom stereocenters. The molecule has 2 rings (SSSR count). The van der Waals surface area contributed by atoms with Gasteiger partial charge in [0.2, 0.25) is 5.91 Å². The first kappa shape index (κ1) is 15.8. The molecule has 1 aromatic heterocycles. The molecule has 0 bridgehead atoms. The van der Waals surface area contributed by atoms with E-state index in [0.717, 1.165) is 10.5 Å². The number of aromatic nitrogens is 2. The molecule has 1 aromatic carbocycles. The SMILES string of the molecule is CN(C(=O)CCl)c1c(N)n(Cc2ccccc2)c(=O)[nH]c1=O. The Balaban J connectivity index is 2.54. The van der Waals surface area contributed by atoms with E-state index < -0.39 is 17.2 Å². The van der Waals surface area contributed by atoms with E-state index in [1.54, 1.807) is 0 Å². The quantitative estimate of drug-likeness (QED) is 0.794. The van der Waals surface area contributed by atoms with E-state index in [-0.39, 0.29) is 23.9 Å². The molecule has 116 valence electrons. The number of anilines is 2. The van der Waals surface area contributed by atoms with Crippen LogP contribution in [0.5, 0.6) is 0 Å². The van der Waals surface area contributed by atoms with Crippen LogP contribution < -0.4 is 21.9 Å². The van der Waals surface area contributed by atoms with Gasteiger partial charge < -0.3 is 10.6 Å². The molecule has 8 heteroatoms. The number of hydrogen-bond acceptors (Lipinski definition) is 4. The number of benzene rings is 1. The number of aromatic amines is 1. The van der Waals surface area contributed by atoms with Crippen molar-refractivity contribution < 1.29 is 4.79 Å². The molecule has 0 saturated heterocycles. The molecule has 1 heterocycles. The molecule has 0 saturated carbocycles. The van der Waals surface area contributed by atoms with Gasteiger partial charge in [-0.15, -0.1) is 11.6 Å². The molecule has 0 aliphatic heterocycles. The van der Waals surface area contributed by atoms with Crippen molar-refractivity contribution in [1.29, 1.82) is 0 Å². The van der Waals surface area contributed by atoms with Crippen LogP contribution in [-0.2, 0) is 11.3 Å². The molecule has 1 amide bonds. The molecule has 7 nitrogen and oxygen atoms in total. The molecule has 0 aliphatic rings. The highest BCUT2D eigenvalue weighted by molar-refractivity contribution is 6.29. The summed E-state index contributed by atoms with van der Waals surface area (Å²) < 4.78 is 1.20. The molecule has 3 N–H and O–H groups in total. The van der Waals surface area contributed by atoms with Crippen molar-refractivity contribution >= 4 is 29.0 Å². The van der Waals surface area contributed by atoms with Crippen molar-refractivity contribution in [3.8, 4) is 0 Å². The van der Waals surface area contributed by atoms with Gasteiger partial charge in [0.1, 0.15) is 11.7 Å². The van der Waals surface area contributed by atoms with Crippen LogP contribution in [0.15, 0.2) is 39.9 Å². The van der Waals surface area contributed by atoms with E-state index in [1.165, 1.54) is 11.6 Å². The summed E-state index contributed by atoms with van der Waals surface area (Å²) in [5, 5.41) is 0. The van der Waals surface area contributed by atoms with Gasteiger partial charge in [-0.25, -0.2) is 4.79 Å². The summed E-state index contributed by atoms with van der Waals surface area (Å²) >= 11 is 5.49. The Kier molecular flexibility index (Phi) is 4.67. The number of hydrogen-bond donors (Lipinski definition) is 2. The smallest absolute Gasteiger partial charge is 0.330 e. The number of nitrogen functional groups attached to an aromatic ring is 1. The number of alkyl halides is 1. The summed E-state index contributed by atoms with van der Waals surface area (Å²) in [6, 6.07) is 9.15. The van der Waals surface area contributed by atoms with E-state index in [1.807, 2.05) is 30.3 Å². The van der Waals surface area contributed by atoms with Gasteiger partial charge in [-0.05, 0) is 5.56 Å². The molecule has 0 spiro atoms. The van der Waals surface area contributed by atoms with Crippen LogP contribution in [0.4, 0.5) is 11.5 Å². The Morgan fingerprint density at radius 1 is 1.32 bits per heavy atom. The second kappa shape index (κ2) is 6.48. The Hall–Kier alpha value is -2.54. The van der Waals surface area contributed by atoms with Gasteiger partial charge in [0.15, 0.2) is 5.69 Å². The zero-order valence-electron chi connectivity index (χ0n) is 11.9. The summed E-state index contributed by atoms with van der Waals surface area (Å²) in [6.45, 7) is 0.179. The number of nitrogens with zero attached hydrogens (tertiary/aromatic N) is 2. The second-order valence-corrected chi connectivity index (χ2v) is 4.92. The maximum atomic E-state index is 12.0. The van der Waals surface area contributed by atoms with Crippen LogP contribution in [0.25, 0.3) is 0 Å². The number of amides is 1. The molecule has 0 fully saturated rings. The summed E-state index contributed by atoms with van der Waals surface area (Å²) in [5.74, 6) is -0.880. The number of nitrogens with one attached hydrogen (secondary N) is 1.